The van der Waals surface area contributed by atoms with E-state index in [1.165, 1.54) is 0 Å². The van der Waals surface area contributed by atoms with Crippen molar-refractivity contribution in [3.8, 4) is 5.75 Å². The van der Waals surface area contributed by atoms with E-state index in [1.54, 1.807) is 7.11 Å². The summed E-state index contributed by atoms with van der Waals surface area (Å²) in [6, 6.07) is 11.7. The van der Waals surface area contributed by atoms with Gasteiger partial charge in [0.1, 0.15) is 5.75 Å². The number of nitrogens with one attached hydrogen (secondary N) is 1. The highest BCUT2D eigenvalue weighted by molar-refractivity contribution is 14.1. The van der Waals surface area contributed by atoms with E-state index in [-0.39, 0.29) is 11.9 Å². The zero-order chi connectivity index (χ0) is 17.9. The van der Waals surface area contributed by atoms with Crippen LogP contribution < -0.4 is 10.1 Å². The molecule has 0 aliphatic carbocycles. The summed E-state index contributed by atoms with van der Waals surface area (Å²) in [4.78, 5) is 12.5. The van der Waals surface area contributed by atoms with Crippen LogP contribution in [0.15, 0.2) is 36.4 Å². The van der Waals surface area contributed by atoms with E-state index in [4.69, 9.17) is 4.74 Å². The molecule has 0 aliphatic rings. The van der Waals surface area contributed by atoms with E-state index < -0.39 is 0 Å². The zero-order valence-corrected chi connectivity index (χ0v) is 17.0. The molecule has 1 atom stereocenters. The average Bonchev–Trinajstić information content (AvgIpc) is 2.54. The van der Waals surface area contributed by atoms with Crippen LogP contribution in [0.5, 0.6) is 5.75 Å². The summed E-state index contributed by atoms with van der Waals surface area (Å²) in [7, 11) is 1.70. The lowest BCUT2D eigenvalue weighted by molar-refractivity contribution is 0.0940. The maximum atomic E-state index is 12.5. The molecule has 1 N–H and O–H groups in total. The second-order valence-electron chi connectivity index (χ2n) is 6.31. The number of amides is 1. The summed E-state index contributed by atoms with van der Waals surface area (Å²) in [5, 5.41) is 3.09. The van der Waals surface area contributed by atoms with E-state index in [9.17, 15) is 4.79 Å². The standard InChI is InChI=1S/C20H24INO2/c1-12(2)17-11-18(13(3)10-19(17)24-5)14(4)22-20(23)15-6-8-16(21)9-7-15/h6-12,14H,1-5H3,(H,22,23)/t14-/m0/s1. The topological polar surface area (TPSA) is 38.3 Å². The van der Waals surface area contributed by atoms with E-state index in [2.05, 4.69) is 60.8 Å². The third-order valence-electron chi connectivity index (χ3n) is 4.16. The quantitative estimate of drug-likeness (QED) is 0.652. The highest BCUT2D eigenvalue weighted by Crippen LogP contribution is 2.32. The van der Waals surface area contributed by atoms with Gasteiger partial charge in [-0.2, -0.15) is 0 Å². The van der Waals surface area contributed by atoms with Crippen molar-refractivity contribution in [3.05, 3.63) is 62.2 Å². The first-order valence-electron chi connectivity index (χ1n) is 8.08. The maximum Gasteiger partial charge on any atom is 0.251 e. The second kappa shape index (κ2) is 8.01. The lowest BCUT2D eigenvalue weighted by Crippen LogP contribution is -2.27. The Bertz CT molecular complexity index is 723. The molecule has 1 amide bonds. The van der Waals surface area contributed by atoms with E-state index in [0.717, 1.165) is 26.0 Å². The van der Waals surface area contributed by atoms with Crippen LogP contribution in [0.3, 0.4) is 0 Å². The molecule has 0 saturated heterocycles. The number of hydrogen-bond donors (Lipinski definition) is 1. The summed E-state index contributed by atoms with van der Waals surface area (Å²) in [6.07, 6.45) is 0. The molecule has 4 heteroatoms. The Hall–Kier alpha value is -1.56. The van der Waals surface area contributed by atoms with Crippen LogP contribution in [0, 0.1) is 10.5 Å². The highest BCUT2D eigenvalue weighted by atomic mass is 127. The predicted molar refractivity (Wildman–Crippen MR) is 107 cm³/mol. The number of carbonyl (C=O) groups excluding carboxylic acids is 1. The Morgan fingerprint density at radius 1 is 1.08 bits per heavy atom. The lowest BCUT2D eigenvalue weighted by atomic mass is 9.93. The van der Waals surface area contributed by atoms with Crippen LogP contribution >= 0.6 is 22.6 Å². The minimum atomic E-state index is -0.0693. The highest BCUT2D eigenvalue weighted by Gasteiger charge is 2.17. The normalized spacial score (nSPS) is 12.1. The fraction of sp³-hybridized carbons (Fsp3) is 0.350. The van der Waals surface area contributed by atoms with Gasteiger partial charge < -0.3 is 10.1 Å². The van der Waals surface area contributed by atoms with Crippen molar-refractivity contribution in [3.63, 3.8) is 0 Å². The average molecular weight is 437 g/mol. The molecule has 0 unspecified atom stereocenters. The van der Waals surface area contributed by atoms with Gasteiger partial charge in [-0.15, -0.1) is 0 Å². The molecule has 0 radical (unpaired) electrons. The Morgan fingerprint density at radius 2 is 1.71 bits per heavy atom. The van der Waals surface area contributed by atoms with Gasteiger partial charge in [-0.1, -0.05) is 13.8 Å². The van der Waals surface area contributed by atoms with Gasteiger partial charge in [0.25, 0.3) is 5.91 Å². The number of halogens is 1. The van der Waals surface area contributed by atoms with Crippen LogP contribution in [-0.4, -0.2) is 13.0 Å². The van der Waals surface area contributed by atoms with Gasteiger partial charge in [-0.25, -0.2) is 0 Å². The number of benzene rings is 2. The first-order chi connectivity index (χ1) is 11.3. The Kier molecular flexibility index (Phi) is 6.27. The monoisotopic (exact) mass is 437 g/mol. The number of aryl methyl sites for hydroxylation is 1. The van der Waals surface area contributed by atoms with Crippen LogP contribution in [0.4, 0.5) is 0 Å². The van der Waals surface area contributed by atoms with Crippen LogP contribution in [0.2, 0.25) is 0 Å². The molecule has 0 fully saturated rings. The predicted octanol–water partition coefficient (Wildman–Crippen LogP) is 5.22. The number of carbonyl (C=O) groups is 1. The number of rotatable bonds is 5. The van der Waals surface area contributed by atoms with Crippen molar-refractivity contribution in [2.24, 2.45) is 0 Å². The molecule has 2 aromatic rings. The van der Waals surface area contributed by atoms with Gasteiger partial charge in [0.2, 0.25) is 0 Å². The maximum absolute atomic E-state index is 12.5. The van der Waals surface area contributed by atoms with Gasteiger partial charge in [0, 0.05) is 9.13 Å². The number of hydrogen-bond acceptors (Lipinski definition) is 2. The molecule has 3 nitrogen and oxygen atoms in total. The number of methoxy groups -OCH3 is 1. The van der Waals surface area contributed by atoms with Crippen molar-refractivity contribution in [2.75, 3.05) is 7.11 Å². The van der Waals surface area contributed by atoms with Gasteiger partial charge in [-0.3, -0.25) is 4.79 Å². The SMILES string of the molecule is COc1cc(C)c([C@H](C)NC(=O)c2ccc(I)cc2)cc1C(C)C. The van der Waals surface area contributed by atoms with Crippen LogP contribution in [0.25, 0.3) is 0 Å². The largest absolute Gasteiger partial charge is 0.496 e. The Morgan fingerprint density at radius 3 is 2.25 bits per heavy atom. The second-order valence-corrected chi connectivity index (χ2v) is 7.55. The van der Waals surface area contributed by atoms with Crippen molar-refractivity contribution in [1.82, 2.24) is 5.32 Å². The van der Waals surface area contributed by atoms with Crippen molar-refractivity contribution < 1.29 is 9.53 Å². The molecule has 0 aliphatic heterocycles. The molecular weight excluding hydrogens is 413 g/mol. The minimum absolute atomic E-state index is 0.0554. The van der Waals surface area contributed by atoms with E-state index in [1.807, 2.05) is 31.2 Å². The molecule has 0 heterocycles. The first kappa shape index (κ1) is 18.8. The van der Waals surface area contributed by atoms with E-state index >= 15 is 0 Å². The fourth-order valence-electron chi connectivity index (χ4n) is 2.77. The molecular formula is C20H24INO2. The summed E-state index contributed by atoms with van der Waals surface area (Å²) < 4.78 is 6.61. The molecule has 0 bridgehead atoms. The molecule has 2 rings (SSSR count). The summed E-state index contributed by atoms with van der Waals surface area (Å²) in [6.45, 7) is 8.36. The minimum Gasteiger partial charge on any atom is -0.496 e. The van der Waals surface area contributed by atoms with Gasteiger partial charge in [-0.05, 0) is 95.4 Å². The molecule has 2 aromatic carbocycles. The van der Waals surface area contributed by atoms with Crippen molar-refractivity contribution in [2.45, 2.75) is 39.7 Å². The van der Waals surface area contributed by atoms with Gasteiger partial charge in [0.15, 0.2) is 0 Å². The molecule has 0 spiro atoms. The molecule has 0 saturated carbocycles. The van der Waals surface area contributed by atoms with Crippen molar-refractivity contribution >= 4 is 28.5 Å². The molecule has 0 aromatic heterocycles. The van der Waals surface area contributed by atoms with E-state index in [0.29, 0.717) is 11.5 Å². The summed E-state index contributed by atoms with van der Waals surface area (Å²) in [5.41, 5.74) is 4.08. The third kappa shape index (κ3) is 4.29. The fourth-order valence-corrected chi connectivity index (χ4v) is 3.13. The van der Waals surface area contributed by atoms with Gasteiger partial charge >= 0.3 is 0 Å². The Labute approximate surface area is 157 Å². The molecule has 24 heavy (non-hydrogen) atoms. The lowest BCUT2D eigenvalue weighted by Gasteiger charge is -2.21. The summed E-state index contributed by atoms with van der Waals surface area (Å²) >= 11 is 2.23. The molecule has 128 valence electrons. The number of ether oxygens (including phenoxy) is 1. The zero-order valence-electron chi connectivity index (χ0n) is 14.8. The van der Waals surface area contributed by atoms with Crippen molar-refractivity contribution in [1.29, 1.82) is 0 Å². The van der Waals surface area contributed by atoms with Gasteiger partial charge in [0.05, 0.1) is 13.2 Å². The first-order valence-corrected chi connectivity index (χ1v) is 9.16. The Balaban J connectivity index is 2.25. The summed E-state index contributed by atoms with van der Waals surface area (Å²) in [5.74, 6) is 1.21. The van der Waals surface area contributed by atoms with Crippen LogP contribution in [0.1, 0.15) is 59.8 Å². The third-order valence-corrected chi connectivity index (χ3v) is 4.88. The smallest absolute Gasteiger partial charge is 0.251 e. The van der Waals surface area contributed by atoms with Crippen LogP contribution in [-0.2, 0) is 0 Å².